The minimum absolute atomic E-state index is 0.0221. The summed E-state index contributed by atoms with van der Waals surface area (Å²) in [5.74, 6) is -2.29. The third-order valence-corrected chi connectivity index (χ3v) is 3.04. The molecule has 0 aromatic heterocycles. The van der Waals surface area contributed by atoms with Gasteiger partial charge in [0.15, 0.2) is 0 Å². The van der Waals surface area contributed by atoms with Crippen molar-refractivity contribution < 1.29 is 19.8 Å². The summed E-state index contributed by atoms with van der Waals surface area (Å²) in [4.78, 5) is 21.8. The Kier molecular flexibility index (Phi) is 3.15. The van der Waals surface area contributed by atoms with Crippen molar-refractivity contribution in [1.82, 2.24) is 0 Å². The van der Waals surface area contributed by atoms with E-state index in [1.165, 1.54) is 24.3 Å². The molecule has 0 fully saturated rings. The molecule has 0 saturated heterocycles. The molecule has 0 aliphatic carbocycles. The Labute approximate surface area is 111 Å². The molecule has 0 radical (unpaired) electrons. The van der Waals surface area contributed by atoms with E-state index in [1.807, 2.05) is 0 Å². The number of benzene rings is 2. The highest BCUT2D eigenvalue weighted by molar-refractivity contribution is 6.42. The number of carboxylic acids is 2. The first-order valence-electron chi connectivity index (χ1n) is 4.79. The van der Waals surface area contributed by atoms with Crippen molar-refractivity contribution in [2.24, 2.45) is 0 Å². The van der Waals surface area contributed by atoms with Crippen LogP contribution >= 0.6 is 23.2 Å². The molecule has 2 aromatic rings. The van der Waals surface area contributed by atoms with E-state index in [9.17, 15) is 9.59 Å². The third kappa shape index (κ3) is 2.12. The van der Waals surface area contributed by atoms with E-state index >= 15 is 0 Å². The molecular weight excluding hydrogens is 279 g/mol. The Morgan fingerprint density at radius 3 is 1.56 bits per heavy atom. The van der Waals surface area contributed by atoms with Gasteiger partial charge >= 0.3 is 11.9 Å². The summed E-state index contributed by atoms with van der Waals surface area (Å²) < 4.78 is 0. The lowest BCUT2D eigenvalue weighted by atomic mass is 10.0. The first kappa shape index (κ1) is 12.7. The number of carboxylic acid groups (broad SMARTS) is 2. The van der Waals surface area contributed by atoms with Gasteiger partial charge in [-0.3, -0.25) is 0 Å². The fraction of sp³-hybridized carbons (Fsp3) is 0. The molecule has 4 nitrogen and oxygen atoms in total. The van der Waals surface area contributed by atoms with Crippen LogP contribution in [-0.4, -0.2) is 22.2 Å². The number of halogens is 2. The summed E-state index contributed by atoms with van der Waals surface area (Å²) in [7, 11) is 0. The molecular formula is C12H6Cl2O4. The molecule has 2 rings (SSSR count). The smallest absolute Gasteiger partial charge is 0.335 e. The lowest BCUT2D eigenvalue weighted by Gasteiger charge is -2.06. The average molecular weight is 285 g/mol. The number of hydrogen-bond donors (Lipinski definition) is 2. The summed E-state index contributed by atoms with van der Waals surface area (Å²) in [6.45, 7) is 0. The van der Waals surface area contributed by atoms with Crippen molar-refractivity contribution >= 4 is 45.9 Å². The van der Waals surface area contributed by atoms with Crippen LogP contribution in [-0.2, 0) is 0 Å². The molecule has 18 heavy (non-hydrogen) atoms. The molecule has 2 aromatic carbocycles. The molecule has 92 valence electrons. The Morgan fingerprint density at radius 2 is 1.22 bits per heavy atom. The van der Waals surface area contributed by atoms with Gasteiger partial charge in [-0.15, -0.1) is 0 Å². The molecule has 2 N–H and O–H groups in total. The van der Waals surface area contributed by atoms with Gasteiger partial charge in [-0.2, -0.15) is 0 Å². The van der Waals surface area contributed by atoms with Gasteiger partial charge in [0.1, 0.15) is 0 Å². The quantitative estimate of drug-likeness (QED) is 0.884. The molecule has 0 aliphatic heterocycles. The van der Waals surface area contributed by atoms with E-state index in [0.717, 1.165) is 0 Å². The SMILES string of the molecule is O=C(O)c1cc(Cl)c2c(Cl)cc(C(=O)O)cc2c1. The monoisotopic (exact) mass is 284 g/mol. The van der Waals surface area contributed by atoms with Crippen molar-refractivity contribution in [3.05, 3.63) is 45.4 Å². The summed E-state index contributed by atoms with van der Waals surface area (Å²) in [6.07, 6.45) is 0. The van der Waals surface area contributed by atoms with E-state index < -0.39 is 11.9 Å². The maximum atomic E-state index is 10.9. The Balaban J connectivity index is 2.84. The van der Waals surface area contributed by atoms with Gasteiger partial charge < -0.3 is 10.2 Å². The summed E-state index contributed by atoms with van der Waals surface area (Å²) in [5, 5.41) is 19.0. The average Bonchev–Trinajstić information content (AvgIpc) is 2.27. The zero-order valence-corrected chi connectivity index (χ0v) is 10.3. The molecule has 0 amide bonds. The largest absolute Gasteiger partial charge is 0.478 e. The van der Waals surface area contributed by atoms with Gasteiger partial charge in [-0.05, 0) is 29.7 Å². The first-order valence-corrected chi connectivity index (χ1v) is 5.55. The van der Waals surface area contributed by atoms with Crippen LogP contribution in [0.2, 0.25) is 10.0 Å². The van der Waals surface area contributed by atoms with E-state index in [1.54, 1.807) is 0 Å². The molecule has 0 bridgehead atoms. The van der Waals surface area contributed by atoms with Crippen molar-refractivity contribution in [3.63, 3.8) is 0 Å². The highest BCUT2D eigenvalue weighted by Gasteiger charge is 2.13. The fourth-order valence-electron chi connectivity index (χ4n) is 1.66. The molecule has 0 spiro atoms. The van der Waals surface area contributed by atoms with Gasteiger partial charge in [-0.25, -0.2) is 9.59 Å². The van der Waals surface area contributed by atoms with E-state index in [2.05, 4.69) is 0 Å². The number of rotatable bonds is 2. The van der Waals surface area contributed by atoms with Gasteiger partial charge in [0.05, 0.1) is 21.2 Å². The number of aromatic carboxylic acids is 2. The summed E-state index contributed by atoms with van der Waals surface area (Å²) >= 11 is 11.9. The van der Waals surface area contributed by atoms with Crippen molar-refractivity contribution in [2.75, 3.05) is 0 Å². The highest BCUT2D eigenvalue weighted by Crippen LogP contribution is 2.33. The normalized spacial score (nSPS) is 10.6. The molecule has 0 heterocycles. The van der Waals surface area contributed by atoms with Crippen LogP contribution in [0, 0.1) is 0 Å². The molecule has 0 atom stereocenters. The fourth-order valence-corrected chi connectivity index (χ4v) is 2.36. The predicted octanol–water partition coefficient (Wildman–Crippen LogP) is 3.54. The van der Waals surface area contributed by atoms with Crippen LogP contribution in [0.25, 0.3) is 10.8 Å². The molecule has 6 heteroatoms. The second-order valence-electron chi connectivity index (χ2n) is 3.62. The van der Waals surface area contributed by atoms with Gasteiger partial charge in [0.2, 0.25) is 0 Å². The van der Waals surface area contributed by atoms with Gasteiger partial charge in [-0.1, -0.05) is 23.2 Å². The zero-order chi connectivity index (χ0) is 13.4. The standard InChI is InChI=1S/C12H6Cl2O4/c13-8-3-6(11(15)16)1-5-2-7(12(17)18)4-9(14)10(5)8/h1-4H,(H,15,16)(H,17,18). The molecule has 0 aliphatic rings. The molecule has 0 saturated carbocycles. The number of hydrogen-bond acceptors (Lipinski definition) is 2. The minimum Gasteiger partial charge on any atom is -0.478 e. The summed E-state index contributed by atoms with van der Waals surface area (Å²) in [6, 6.07) is 5.22. The maximum Gasteiger partial charge on any atom is 0.335 e. The number of fused-ring (bicyclic) bond motifs is 1. The van der Waals surface area contributed by atoms with Crippen molar-refractivity contribution in [3.8, 4) is 0 Å². The van der Waals surface area contributed by atoms with Crippen molar-refractivity contribution in [2.45, 2.75) is 0 Å². The van der Waals surface area contributed by atoms with Gasteiger partial charge in [0.25, 0.3) is 0 Å². The second-order valence-corrected chi connectivity index (χ2v) is 4.44. The Hall–Kier alpha value is -1.78. The lowest BCUT2D eigenvalue weighted by molar-refractivity contribution is 0.0687. The van der Waals surface area contributed by atoms with Crippen LogP contribution in [0.15, 0.2) is 24.3 Å². The van der Waals surface area contributed by atoms with Crippen LogP contribution in [0.5, 0.6) is 0 Å². The maximum absolute atomic E-state index is 10.9. The molecule has 0 unspecified atom stereocenters. The minimum atomic E-state index is -1.14. The highest BCUT2D eigenvalue weighted by atomic mass is 35.5. The van der Waals surface area contributed by atoms with Crippen molar-refractivity contribution in [1.29, 1.82) is 0 Å². The lowest BCUT2D eigenvalue weighted by Crippen LogP contribution is -1.99. The van der Waals surface area contributed by atoms with Gasteiger partial charge in [0, 0.05) is 5.39 Å². The van der Waals surface area contributed by atoms with Crippen LogP contribution in [0.3, 0.4) is 0 Å². The first-order chi connectivity index (χ1) is 8.40. The van der Waals surface area contributed by atoms with E-state index in [4.69, 9.17) is 33.4 Å². The van der Waals surface area contributed by atoms with Crippen LogP contribution < -0.4 is 0 Å². The second kappa shape index (κ2) is 4.48. The zero-order valence-electron chi connectivity index (χ0n) is 8.78. The Bertz CT molecular complexity index is 625. The van der Waals surface area contributed by atoms with E-state index in [0.29, 0.717) is 10.8 Å². The van der Waals surface area contributed by atoms with Crippen LogP contribution in [0.1, 0.15) is 20.7 Å². The third-order valence-electron chi connectivity index (χ3n) is 2.45. The number of carbonyl (C=O) groups is 2. The van der Waals surface area contributed by atoms with Crippen LogP contribution in [0.4, 0.5) is 0 Å². The topological polar surface area (TPSA) is 74.6 Å². The Morgan fingerprint density at radius 1 is 0.833 bits per heavy atom. The predicted molar refractivity (Wildman–Crippen MR) is 67.9 cm³/mol. The summed E-state index contributed by atoms with van der Waals surface area (Å²) in [5.41, 5.74) is -0.0442. The van der Waals surface area contributed by atoms with E-state index in [-0.39, 0.29) is 21.2 Å².